The second kappa shape index (κ2) is 6.96. The van der Waals surface area contributed by atoms with Gasteiger partial charge in [-0.2, -0.15) is 13.2 Å². The third-order valence-corrected chi connectivity index (χ3v) is 2.72. The number of halogens is 3. The van der Waals surface area contributed by atoms with E-state index in [1.165, 1.54) is 0 Å². The summed E-state index contributed by atoms with van der Waals surface area (Å²) < 4.78 is 36.4. The predicted molar refractivity (Wildman–Crippen MR) is 68.9 cm³/mol. The van der Waals surface area contributed by atoms with Gasteiger partial charge in [-0.1, -0.05) is 30.3 Å². The number of carbonyl (C=O) groups excluding carboxylic acids is 1. The topological polar surface area (TPSA) is 69.6 Å². The third kappa shape index (κ3) is 5.72. The normalized spacial score (nSPS) is 12.6. The molecular formula is C13H15F3N2O3. The maximum Gasteiger partial charge on any atom is 0.406 e. The average molecular weight is 304 g/mol. The molecule has 1 unspecified atom stereocenters. The molecule has 2 N–H and O–H groups in total. The van der Waals surface area contributed by atoms with Crippen LogP contribution in [0.2, 0.25) is 0 Å². The van der Waals surface area contributed by atoms with Gasteiger partial charge in [-0.05, 0) is 5.56 Å². The molecule has 0 radical (unpaired) electrons. The fraction of sp³-hybridized carbons (Fsp3) is 0.385. The summed E-state index contributed by atoms with van der Waals surface area (Å²) in [6.07, 6.45) is -4.50. The van der Waals surface area contributed by atoms with Gasteiger partial charge in [0.25, 0.3) is 0 Å². The number of nitrogens with one attached hydrogen (secondary N) is 1. The van der Waals surface area contributed by atoms with Gasteiger partial charge in [0.1, 0.15) is 6.54 Å². The maximum absolute atomic E-state index is 12.1. The number of urea groups is 1. The van der Waals surface area contributed by atoms with Crippen LogP contribution in [0, 0.1) is 0 Å². The lowest BCUT2D eigenvalue weighted by atomic mass is 9.99. The summed E-state index contributed by atoms with van der Waals surface area (Å²) >= 11 is 0. The van der Waals surface area contributed by atoms with E-state index in [1.807, 2.05) is 0 Å². The van der Waals surface area contributed by atoms with Crippen LogP contribution in [0.1, 0.15) is 11.5 Å². The van der Waals surface area contributed by atoms with Crippen LogP contribution in [0.5, 0.6) is 0 Å². The van der Waals surface area contributed by atoms with Gasteiger partial charge >= 0.3 is 18.2 Å². The van der Waals surface area contributed by atoms with Crippen LogP contribution in [-0.4, -0.2) is 48.3 Å². The summed E-state index contributed by atoms with van der Waals surface area (Å²) in [7, 11) is 0.987. The van der Waals surface area contributed by atoms with Crippen LogP contribution in [0.4, 0.5) is 18.0 Å². The highest BCUT2D eigenvalue weighted by molar-refractivity contribution is 5.79. The van der Waals surface area contributed by atoms with Crippen LogP contribution in [0.25, 0.3) is 0 Å². The van der Waals surface area contributed by atoms with E-state index >= 15 is 0 Å². The molecule has 0 aliphatic heterocycles. The van der Waals surface area contributed by atoms with Crippen molar-refractivity contribution in [2.75, 3.05) is 20.1 Å². The molecule has 0 aliphatic carbocycles. The zero-order chi connectivity index (χ0) is 16.0. The summed E-state index contributed by atoms with van der Waals surface area (Å²) in [5.41, 5.74) is 0.462. The van der Waals surface area contributed by atoms with Crippen LogP contribution >= 0.6 is 0 Å². The van der Waals surface area contributed by atoms with Gasteiger partial charge in [0.15, 0.2) is 0 Å². The van der Waals surface area contributed by atoms with E-state index < -0.39 is 30.6 Å². The molecule has 0 saturated carbocycles. The summed E-state index contributed by atoms with van der Waals surface area (Å²) in [4.78, 5) is 23.1. The van der Waals surface area contributed by atoms with E-state index in [0.29, 0.717) is 10.5 Å². The summed E-state index contributed by atoms with van der Waals surface area (Å²) in [6, 6.07) is 7.16. The fourth-order valence-electron chi connectivity index (χ4n) is 1.70. The zero-order valence-corrected chi connectivity index (χ0v) is 11.2. The molecule has 1 rings (SSSR count). The van der Waals surface area contributed by atoms with Gasteiger partial charge in [-0.15, -0.1) is 0 Å². The van der Waals surface area contributed by atoms with Gasteiger partial charge in [-0.25, -0.2) is 4.79 Å². The lowest BCUT2D eigenvalue weighted by Gasteiger charge is -2.21. The van der Waals surface area contributed by atoms with Crippen LogP contribution in [0.15, 0.2) is 30.3 Å². The fourth-order valence-corrected chi connectivity index (χ4v) is 1.70. The molecule has 0 aliphatic rings. The molecular weight excluding hydrogens is 289 g/mol. The molecule has 0 heterocycles. The number of carboxylic acid groups (broad SMARTS) is 1. The highest BCUT2D eigenvalue weighted by atomic mass is 19.4. The number of hydrogen-bond acceptors (Lipinski definition) is 2. The summed E-state index contributed by atoms with van der Waals surface area (Å²) in [5, 5.41) is 11.3. The molecule has 0 bridgehead atoms. The van der Waals surface area contributed by atoms with Gasteiger partial charge in [0, 0.05) is 13.6 Å². The SMILES string of the molecule is CN(CC(F)(F)F)C(=O)NCC(C(=O)O)c1ccccc1. The molecule has 21 heavy (non-hydrogen) atoms. The first-order chi connectivity index (χ1) is 9.70. The number of amides is 2. The van der Waals surface area contributed by atoms with Crippen molar-refractivity contribution >= 4 is 12.0 Å². The Hall–Kier alpha value is -2.25. The van der Waals surface area contributed by atoms with Crippen molar-refractivity contribution < 1.29 is 27.9 Å². The highest BCUT2D eigenvalue weighted by Crippen LogP contribution is 2.17. The van der Waals surface area contributed by atoms with Crippen molar-refractivity contribution in [2.24, 2.45) is 0 Å². The Morgan fingerprint density at radius 3 is 2.33 bits per heavy atom. The van der Waals surface area contributed by atoms with E-state index in [1.54, 1.807) is 30.3 Å². The Balaban J connectivity index is 2.62. The first-order valence-corrected chi connectivity index (χ1v) is 6.04. The smallest absolute Gasteiger partial charge is 0.406 e. The van der Waals surface area contributed by atoms with E-state index in [0.717, 1.165) is 7.05 Å². The van der Waals surface area contributed by atoms with Crippen molar-refractivity contribution in [3.05, 3.63) is 35.9 Å². The first kappa shape index (κ1) is 16.8. The Morgan fingerprint density at radius 2 is 1.86 bits per heavy atom. The average Bonchev–Trinajstić information content (AvgIpc) is 2.37. The molecule has 0 aromatic heterocycles. The molecule has 1 atom stereocenters. The van der Waals surface area contributed by atoms with Crippen molar-refractivity contribution in [3.8, 4) is 0 Å². The molecule has 8 heteroatoms. The number of alkyl halides is 3. The van der Waals surface area contributed by atoms with Gasteiger partial charge in [0.2, 0.25) is 0 Å². The Morgan fingerprint density at radius 1 is 1.29 bits per heavy atom. The van der Waals surface area contributed by atoms with Crippen LogP contribution in [-0.2, 0) is 4.79 Å². The molecule has 1 aromatic rings. The number of aliphatic carboxylic acids is 1. The van der Waals surface area contributed by atoms with Crippen molar-refractivity contribution in [1.29, 1.82) is 0 Å². The van der Waals surface area contributed by atoms with Gasteiger partial charge in [0.05, 0.1) is 5.92 Å². The zero-order valence-electron chi connectivity index (χ0n) is 11.2. The number of rotatable bonds is 5. The van der Waals surface area contributed by atoms with Gasteiger partial charge in [-0.3, -0.25) is 4.79 Å². The largest absolute Gasteiger partial charge is 0.481 e. The minimum atomic E-state index is -4.50. The molecule has 5 nitrogen and oxygen atoms in total. The third-order valence-electron chi connectivity index (χ3n) is 2.72. The number of hydrogen-bond donors (Lipinski definition) is 2. The Bertz CT molecular complexity index is 491. The quantitative estimate of drug-likeness (QED) is 0.875. The lowest BCUT2D eigenvalue weighted by Crippen LogP contribution is -2.44. The number of benzene rings is 1. The summed E-state index contributed by atoms with van der Waals surface area (Å²) in [5.74, 6) is -2.19. The number of carbonyl (C=O) groups is 2. The van der Waals surface area contributed by atoms with E-state index in [-0.39, 0.29) is 6.54 Å². The molecule has 0 fully saturated rings. The highest BCUT2D eigenvalue weighted by Gasteiger charge is 2.31. The molecule has 0 saturated heterocycles. The van der Waals surface area contributed by atoms with Crippen molar-refractivity contribution in [2.45, 2.75) is 12.1 Å². The predicted octanol–water partition coefficient (Wildman–Crippen LogP) is 2.06. The second-order valence-electron chi connectivity index (χ2n) is 4.46. The Kier molecular flexibility index (Phi) is 5.57. The number of carboxylic acids is 1. The standard InChI is InChI=1S/C13H15F3N2O3/c1-18(8-13(14,15)16)12(21)17-7-10(11(19)20)9-5-3-2-4-6-9/h2-6,10H,7-8H2,1H3,(H,17,21)(H,19,20). The minimum absolute atomic E-state index is 0.291. The molecule has 2 amide bonds. The van der Waals surface area contributed by atoms with Crippen molar-refractivity contribution in [3.63, 3.8) is 0 Å². The lowest BCUT2D eigenvalue weighted by molar-refractivity contribution is -0.139. The van der Waals surface area contributed by atoms with Crippen LogP contribution < -0.4 is 5.32 Å². The summed E-state index contributed by atoms with van der Waals surface area (Å²) in [6.45, 7) is -1.69. The maximum atomic E-state index is 12.1. The molecule has 116 valence electrons. The van der Waals surface area contributed by atoms with E-state index in [9.17, 15) is 22.8 Å². The first-order valence-electron chi connectivity index (χ1n) is 6.04. The monoisotopic (exact) mass is 304 g/mol. The van der Waals surface area contributed by atoms with E-state index in [2.05, 4.69) is 5.32 Å². The van der Waals surface area contributed by atoms with Gasteiger partial charge < -0.3 is 15.3 Å². The second-order valence-corrected chi connectivity index (χ2v) is 4.46. The van der Waals surface area contributed by atoms with Crippen LogP contribution in [0.3, 0.4) is 0 Å². The molecule has 1 aromatic carbocycles. The van der Waals surface area contributed by atoms with E-state index in [4.69, 9.17) is 5.11 Å². The minimum Gasteiger partial charge on any atom is -0.481 e. The van der Waals surface area contributed by atoms with Crippen molar-refractivity contribution in [1.82, 2.24) is 10.2 Å². The Labute approximate surface area is 119 Å². The number of nitrogens with zero attached hydrogens (tertiary/aromatic N) is 1. The molecule has 0 spiro atoms.